The van der Waals surface area contributed by atoms with Crippen molar-refractivity contribution in [2.24, 2.45) is 0 Å². The van der Waals surface area contributed by atoms with E-state index in [0.717, 1.165) is 19.4 Å². The van der Waals surface area contributed by atoms with Crippen molar-refractivity contribution in [2.45, 2.75) is 25.5 Å². The van der Waals surface area contributed by atoms with Crippen molar-refractivity contribution in [3.63, 3.8) is 0 Å². The molecule has 1 aliphatic rings. The van der Waals surface area contributed by atoms with Crippen LogP contribution in [0, 0.1) is 0 Å². The van der Waals surface area contributed by atoms with E-state index in [4.69, 9.17) is 22.1 Å². The smallest absolute Gasteiger partial charge is 0.153 e. The molecule has 1 atom stereocenters. The minimum absolute atomic E-state index is 0.248. The predicted octanol–water partition coefficient (Wildman–Crippen LogP) is 1.30. The lowest BCUT2D eigenvalue weighted by Crippen LogP contribution is -2.17. The van der Waals surface area contributed by atoms with E-state index in [2.05, 4.69) is 5.10 Å². The summed E-state index contributed by atoms with van der Waals surface area (Å²) >= 11 is 5.70. The molecule has 0 aromatic carbocycles. The van der Waals surface area contributed by atoms with Crippen molar-refractivity contribution < 1.29 is 4.74 Å². The van der Waals surface area contributed by atoms with Gasteiger partial charge in [0.2, 0.25) is 0 Å². The number of nitrogens with two attached hydrogens (primary N) is 1. The third kappa shape index (κ3) is 1.95. The molecule has 1 fully saturated rings. The van der Waals surface area contributed by atoms with E-state index in [1.165, 1.54) is 0 Å². The Morgan fingerprint density at radius 2 is 2.62 bits per heavy atom. The van der Waals surface area contributed by atoms with Gasteiger partial charge >= 0.3 is 0 Å². The first-order chi connectivity index (χ1) is 6.25. The second-order valence-corrected chi connectivity index (χ2v) is 3.60. The van der Waals surface area contributed by atoms with Crippen LogP contribution in [0.5, 0.6) is 0 Å². The maximum absolute atomic E-state index is 5.70. The van der Waals surface area contributed by atoms with Gasteiger partial charge in [-0.15, -0.1) is 0 Å². The lowest BCUT2D eigenvalue weighted by molar-refractivity contribution is 0.0946. The molecule has 2 N–H and O–H groups in total. The molecular weight excluding hydrogens is 190 g/mol. The Labute approximate surface area is 81.6 Å². The van der Waals surface area contributed by atoms with Crippen LogP contribution in [0.25, 0.3) is 0 Å². The van der Waals surface area contributed by atoms with E-state index < -0.39 is 0 Å². The summed E-state index contributed by atoms with van der Waals surface area (Å²) in [4.78, 5) is 0. The molecule has 1 aliphatic heterocycles. The molecule has 1 unspecified atom stereocenters. The van der Waals surface area contributed by atoms with Crippen LogP contribution in [0.4, 0.5) is 5.82 Å². The number of rotatable bonds is 2. The summed E-state index contributed by atoms with van der Waals surface area (Å²) < 4.78 is 7.15. The molecule has 1 saturated heterocycles. The number of hydrogen-bond donors (Lipinski definition) is 1. The predicted molar refractivity (Wildman–Crippen MR) is 50.6 cm³/mol. The van der Waals surface area contributed by atoms with Crippen LogP contribution >= 0.6 is 11.6 Å². The Hall–Kier alpha value is -0.740. The summed E-state index contributed by atoms with van der Waals surface area (Å²) in [7, 11) is 0. The summed E-state index contributed by atoms with van der Waals surface area (Å²) in [5.74, 6) is 0.598. The van der Waals surface area contributed by atoms with Crippen LogP contribution in [0.1, 0.15) is 12.8 Å². The van der Waals surface area contributed by atoms with Gasteiger partial charge in [0, 0.05) is 12.7 Å². The summed E-state index contributed by atoms with van der Waals surface area (Å²) in [6, 6.07) is 1.65. The Morgan fingerprint density at radius 3 is 3.15 bits per heavy atom. The topological polar surface area (TPSA) is 53.1 Å². The van der Waals surface area contributed by atoms with E-state index in [-0.39, 0.29) is 6.10 Å². The van der Waals surface area contributed by atoms with Crippen LogP contribution in [-0.4, -0.2) is 22.5 Å². The van der Waals surface area contributed by atoms with Crippen LogP contribution < -0.4 is 5.73 Å². The molecule has 1 aromatic heterocycles. The molecule has 0 amide bonds. The largest absolute Gasteiger partial charge is 0.384 e. The lowest BCUT2D eigenvalue weighted by atomic mass is 10.2. The molecule has 5 heteroatoms. The van der Waals surface area contributed by atoms with Crippen molar-refractivity contribution in [1.29, 1.82) is 0 Å². The average Bonchev–Trinajstić information content (AvgIpc) is 2.63. The normalized spacial score (nSPS) is 22.4. The molecule has 2 rings (SSSR count). The monoisotopic (exact) mass is 201 g/mol. The zero-order valence-corrected chi connectivity index (χ0v) is 8.00. The Morgan fingerprint density at radius 1 is 1.77 bits per heavy atom. The van der Waals surface area contributed by atoms with Gasteiger partial charge in [-0.3, -0.25) is 0 Å². The van der Waals surface area contributed by atoms with Crippen LogP contribution in [-0.2, 0) is 11.3 Å². The molecule has 4 nitrogen and oxygen atoms in total. The first-order valence-corrected chi connectivity index (χ1v) is 4.74. The van der Waals surface area contributed by atoms with Crippen LogP contribution in [0.2, 0.25) is 5.15 Å². The van der Waals surface area contributed by atoms with Gasteiger partial charge in [-0.1, -0.05) is 11.6 Å². The van der Waals surface area contributed by atoms with Gasteiger partial charge in [-0.2, -0.15) is 5.10 Å². The van der Waals surface area contributed by atoms with Gasteiger partial charge < -0.3 is 10.5 Å². The van der Waals surface area contributed by atoms with E-state index >= 15 is 0 Å². The van der Waals surface area contributed by atoms with E-state index in [1.54, 1.807) is 10.7 Å². The third-order valence-electron chi connectivity index (χ3n) is 2.18. The Kier molecular flexibility index (Phi) is 2.42. The molecule has 72 valence electrons. The average molecular weight is 202 g/mol. The summed E-state index contributed by atoms with van der Waals surface area (Å²) in [5.41, 5.74) is 5.68. The SMILES string of the molecule is Nc1cc(Cl)nn1CC1CCCO1. The number of hydrogen-bond acceptors (Lipinski definition) is 3. The number of nitrogens with zero attached hydrogens (tertiary/aromatic N) is 2. The van der Waals surface area contributed by atoms with Crippen LogP contribution in [0.15, 0.2) is 6.07 Å². The fraction of sp³-hybridized carbons (Fsp3) is 0.625. The highest BCUT2D eigenvalue weighted by Gasteiger charge is 2.17. The molecule has 0 bridgehead atoms. The highest BCUT2D eigenvalue weighted by Crippen LogP contribution is 2.17. The molecule has 0 aliphatic carbocycles. The third-order valence-corrected chi connectivity index (χ3v) is 2.37. The zero-order valence-electron chi connectivity index (χ0n) is 7.24. The molecule has 13 heavy (non-hydrogen) atoms. The fourth-order valence-electron chi connectivity index (χ4n) is 1.53. The maximum Gasteiger partial charge on any atom is 0.153 e. The second-order valence-electron chi connectivity index (χ2n) is 3.21. The summed E-state index contributed by atoms with van der Waals surface area (Å²) in [5, 5.41) is 4.49. The van der Waals surface area contributed by atoms with E-state index in [1.807, 2.05) is 0 Å². The first kappa shape index (κ1) is 8.84. The second kappa shape index (κ2) is 3.55. The number of anilines is 1. The quantitative estimate of drug-likeness (QED) is 0.785. The molecule has 1 aromatic rings. The molecule has 0 radical (unpaired) electrons. The first-order valence-electron chi connectivity index (χ1n) is 4.36. The van der Waals surface area contributed by atoms with Crippen molar-refractivity contribution in [3.8, 4) is 0 Å². The standard InChI is InChI=1S/C8H12ClN3O/c9-7-4-8(10)12(11-7)5-6-2-1-3-13-6/h4,6H,1-3,5,10H2. The minimum atomic E-state index is 0.248. The number of ether oxygens (including phenoxy) is 1. The van der Waals surface area contributed by atoms with Crippen molar-refractivity contribution >= 4 is 17.4 Å². The maximum atomic E-state index is 5.70. The van der Waals surface area contributed by atoms with E-state index in [0.29, 0.717) is 17.5 Å². The van der Waals surface area contributed by atoms with Gasteiger partial charge in [0.1, 0.15) is 5.82 Å². The highest BCUT2D eigenvalue weighted by molar-refractivity contribution is 6.29. The molecule has 0 spiro atoms. The van der Waals surface area contributed by atoms with Crippen molar-refractivity contribution in [1.82, 2.24) is 9.78 Å². The number of aromatic nitrogens is 2. The zero-order chi connectivity index (χ0) is 9.26. The van der Waals surface area contributed by atoms with E-state index in [9.17, 15) is 0 Å². The Bertz CT molecular complexity index is 294. The van der Waals surface area contributed by atoms with Crippen molar-refractivity contribution in [2.75, 3.05) is 12.3 Å². The fourth-order valence-corrected chi connectivity index (χ4v) is 1.73. The van der Waals surface area contributed by atoms with Gasteiger partial charge in [-0.25, -0.2) is 4.68 Å². The van der Waals surface area contributed by atoms with Gasteiger partial charge in [0.05, 0.1) is 12.6 Å². The lowest BCUT2D eigenvalue weighted by Gasteiger charge is -2.09. The van der Waals surface area contributed by atoms with Crippen molar-refractivity contribution in [3.05, 3.63) is 11.2 Å². The highest BCUT2D eigenvalue weighted by atomic mass is 35.5. The molecule has 0 saturated carbocycles. The van der Waals surface area contributed by atoms with Gasteiger partial charge in [0.25, 0.3) is 0 Å². The molecule has 2 heterocycles. The van der Waals surface area contributed by atoms with Gasteiger partial charge in [-0.05, 0) is 12.8 Å². The number of halogens is 1. The molecular formula is C8H12ClN3O. The number of nitrogen functional groups attached to an aromatic ring is 1. The van der Waals surface area contributed by atoms with Crippen LogP contribution in [0.3, 0.4) is 0 Å². The van der Waals surface area contributed by atoms with Gasteiger partial charge in [0.15, 0.2) is 5.15 Å². The Balaban J connectivity index is 2.03. The summed E-state index contributed by atoms with van der Waals surface area (Å²) in [6.07, 6.45) is 2.45. The summed E-state index contributed by atoms with van der Waals surface area (Å²) in [6.45, 7) is 1.55. The minimum Gasteiger partial charge on any atom is -0.384 e.